The molecule has 0 spiro atoms. The van der Waals surface area contributed by atoms with Crippen molar-refractivity contribution in [1.29, 1.82) is 0 Å². The molecule has 8 nitrogen and oxygen atoms in total. The van der Waals surface area contributed by atoms with Crippen molar-refractivity contribution in [2.75, 3.05) is 26.2 Å². The predicted molar refractivity (Wildman–Crippen MR) is 160 cm³/mol. The van der Waals surface area contributed by atoms with Gasteiger partial charge in [-0.2, -0.15) is 5.10 Å². The van der Waals surface area contributed by atoms with Gasteiger partial charge >= 0.3 is 0 Å². The number of Topliss-reactive ketones (excluding diaryl/α,β-unsaturated/α-hetero) is 1. The summed E-state index contributed by atoms with van der Waals surface area (Å²) in [6.07, 6.45) is 7.67. The molecule has 2 aromatic heterocycles. The maximum Gasteiger partial charge on any atom is 0.258 e. The van der Waals surface area contributed by atoms with Crippen LogP contribution >= 0.6 is 0 Å². The van der Waals surface area contributed by atoms with Crippen LogP contribution in [-0.2, 0) is 11.3 Å². The lowest BCUT2D eigenvalue weighted by molar-refractivity contribution is -0.113. The fraction of sp³-hybridized carbons (Fsp3) is 0.303. The predicted octanol–water partition coefficient (Wildman–Crippen LogP) is 5.20. The van der Waals surface area contributed by atoms with Gasteiger partial charge in [0.15, 0.2) is 5.78 Å². The van der Waals surface area contributed by atoms with Gasteiger partial charge in [0.1, 0.15) is 18.5 Å². The summed E-state index contributed by atoms with van der Waals surface area (Å²) in [5, 5.41) is 8.16. The Kier molecular flexibility index (Phi) is 8.01. The highest BCUT2D eigenvalue weighted by Gasteiger charge is 2.21. The average molecular weight is 568 g/mol. The number of nitrogens with one attached hydrogen (secondary N) is 2. The number of hydrogen-bond donors (Lipinski definition) is 2. The van der Waals surface area contributed by atoms with Crippen molar-refractivity contribution in [2.45, 2.75) is 38.9 Å². The maximum atomic E-state index is 13.6. The summed E-state index contributed by atoms with van der Waals surface area (Å²) in [5.74, 6) is 0.405. The highest BCUT2D eigenvalue weighted by molar-refractivity contribution is 6.23. The first-order valence-corrected chi connectivity index (χ1v) is 14.4. The van der Waals surface area contributed by atoms with Crippen LogP contribution in [0.5, 0.6) is 5.75 Å². The molecule has 2 N–H and O–H groups in total. The van der Waals surface area contributed by atoms with Crippen molar-refractivity contribution in [3.63, 3.8) is 0 Å². The van der Waals surface area contributed by atoms with Crippen LogP contribution in [0.25, 0.3) is 16.5 Å². The zero-order valence-corrected chi connectivity index (χ0v) is 23.6. The number of allylic oxidation sites excluding steroid dienone is 3. The van der Waals surface area contributed by atoms with E-state index >= 15 is 0 Å². The monoisotopic (exact) mass is 567 g/mol. The number of aromatic amines is 1. The lowest BCUT2D eigenvalue weighted by Crippen LogP contribution is -2.38. The van der Waals surface area contributed by atoms with E-state index in [9.17, 15) is 14.0 Å². The van der Waals surface area contributed by atoms with Gasteiger partial charge in [-0.3, -0.25) is 19.2 Å². The van der Waals surface area contributed by atoms with Crippen molar-refractivity contribution >= 4 is 28.2 Å². The number of likely N-dealkylation sites (tertiary alicyclic amines) is 1. The van der Waals surface area contributed by atoms with Crippen LogP contribution in [0.4, 0.5) is 4.39 Å². The fourth-order valence-corrected chi connectivity index (χ4v) is 5.41. The molecule has 1 atom stereocenters. The quantitative estimate of drug-likeness (QED) is 0.290. The highest BCUT2D eigenvalue weighted by atomic mass is 19.1. The summed E-state index contributed by atoms with van der Waals surface area (Å²) in [7, 11) is 0. The van der Waals surface area contributed by atoms with Crippen LogP contribution in [0, 0.1) is 6.92 Å². The number of piperidine rings is 1. The third-order valence-electron chi connectivity index (χ3n) is 7.73. The van der Waals surface area contributed by atoms with E-state index < -0.39 is 6.17 Å². The standard InChI is InChI=1S/C33H34FN5O3/c1-22-4-6-23(7-5-22)19-39-20-25(18-35-39)33(41)36-27-8-11-32(40)29(17-27)31-16-24-15-28(9-10-30(24)37-31)42-14-13-38-12-2-3-26(34)21-38/h4-10,15-18,20,26,37H,2-3,11-14,19,21H2,1H3,(H,36,41). The number of carbonyl (C=O) groups excluding carboxylic acids is 2. The molecular weight excluding hydrogens is 533 g/mol. The normalized spacial score (nSPS) is 17.7. The molecule has 1 saturated heterocycles. The van der Waals surface area contributed by atoms with E-state index in [1.807, 2.05) is 55.5 Å². The van der Waals surface area contributed by atoms with E-state index in [-0.39, 0.29) is 18.1 Å². The molecule has 1 fully saturated rings. The minimum Gasteiger partial charge on any atom is -0.492 e. The van der Waals surface area contributed by atoms with Gasteiger partial charge in [0, 0.05) is 47.9 Å². The SMILES string of the molecule is Cc1ccc(Cn2cc(C(=O)NC3=CCC(=O)C(c4cc5cc(OCCN6CCCC(F)C6)ccc5[nH]4)=C3)cn2)cc1. The van der Waals surface area contributed by atoms with E-state index in [0.717, 1.165) is 35.2 Å². The smallest absolute Gasteiger partial charge is 0.258 e. The van der Waals surface area contributed by atoms with Crippen LogP contribution < -0.4 is 10.1 Å². The zero-order valence-electron chi connectivity index (χ0n) is 23.6. The minimum absolute atomic E-state index is 0.0327. The van der Waals surface area contributed by atoms with Crippen molar-refractivity contribution < 1.29 is 18.7 Å². The van der Waals surface area contributed by atoms with Gasteiger partial charge in [0.05, 0.1) is 24.0 Å². The first-order chi connectivity index (χ1) is 20.4. The molecule has 2 aliphatic rings. The molecule has 6 rings (SSSR count). The Morgan fingerprint density at radius 2 is 2.05 bits per heavy atom. The first-order valence-electron chi connectivity index (χ1n) is 14.4. The van der Waals surface area contributed by atoms with Gasteiger partial charge in [-0.1, -0.05) is 35.9 Å². The maximum absolute atomic E-state index is 13.6. The van der Waals surface area contributed by atoms with Crippen LogP contribution in [-0.4, -0.2) is 63.8 Å². The second kappa shape index (κ2) is 12.2. The number of alkyl halides is 1. The number of rotatable bonds is 9. The Labute approximate surface area is 243 Å². The van der Waals surface area contributed by atoms with Crippen LogP contribution in [0.1, 0.15) is 46.4 Å². The van der Waals surface area contributed by atoms with Crippen molar-refractivity contribution in [3.8, 4) is 5.75 Å². The van der Waals surface area contributed by atoms with Gasteiger partial charge in [0.25, 0.3) is 5.91 Å². The number of hydrogen-bond acceptors (Lipinski definition) is 5. The lowest BCUT2D eigenvalue weighted by Gasteiger charge is -2.28. The largest absolute Gasteiger partial charge is 0.492 e. The third-order valence-corrected chi connectivity index (χ3v) is 7.73. The summed E-state index contributed by atoms with van der Waals surface area (Å²) in [4.78, 5) is 31.2. The van der Waals surface area contributed by atoms with Gasteiger partial charge in [-0.15, -0.1) is 0 Å². The highest BCUT2D eigenvalue weighted by Crippen LogP contribution is 2.28. The van der Waals surface area contributed by atoms with Crippen LogP contribution in [0.15, 0.2) is 78.8 Å². The Morgan fingerprint density at radius 1 is 1.19 bits per heavy atom. The number of H-pyrrole nitrogens is 1. The molecule has 1 aliphatic heterocycles. The molecule has 9 heteroatoms. The number of fused-ring (bicyclic) bond motifs is 1. The number of ether oxygens (including phenoxy) is 1. The molecule has 42 heavy (non-hydrogen) atoms. The number of ketones is 1. The molecule has 0 radical (unpaired) electrons. The summed E-state index contributed by atoms with van der Waals surface area (Å²) in [5.41, 5.74) is 5.36. The van der Waals surface area contributed by atoms with Crippen molar-refractivity contribution in [3.05, 3.63) is 101 Å². The van der Waals surface area contributed by atoms with Crippen molar-refractivity contribution in [1.82, 2.24) is 25.0 Å². The van der Waals surface area contributed by atoms with Gasteiger partial charge in [-0.25, -0.2) is 4.39 Å². The Morgan fingerprint density at radius 3 is 2.88 bits per heavy atom. The number of aryl methyl sites for hydroxylation is 1. The molecule has 0 saturated carbocycles. The third kappa shape index (κ3) is 6.52. The molecule has 3 heterocycles. The number of aromatic nitrogens is 3. The second-order valence-corrected chi connectivity index (χ2v) is 11.0. The van der Waals surface area contributed by atoms with E-state index in [0.29, 0.717) is 55.2 Å². The molecule has 216 valence electrons. The molecule has 1 amide bonds. The fourth-order valence-electron chi connectivity index (χ4n) is 5.41. The Balaban J connectivity index is 1.09. The number of amides is 1. The zero-order chi connectivity index (χ0) is 29.1. The lowest BCUT2D eigenvalue weighted by atomic mass is 9.98. The van der Waals surface area contributed by atoms with Crippen LogP contribution in [0.3, 0.4) is 0 Å². The summed E-state index contributed by atoms with van der Waals surface area (Å²) in [6, 6.07) is 15.9. The van der Waals surface area contributed by atoms with Gasteiger partial charge < -0.3 is 15.0 Å². The summed E-state index contributed by atoms with van der Waals surface area (Å²) < 4.78 is 21.3. The molecular formula is C33H34FN5O3. The average Bonchev–Trinajstić information content (AvgIpc) is 3.62. The second-order valence-electron chi connectivity index (χ2n) is 11.0. The van der Waals surface area contributed by atoms with Gasteiger partial charge in [-0.05, 0) is 62.2 Å². The number of benzene rings is 2. The molecule has 4 aromatic rings. The first kappa shape index (κ1) is 27.7. The molecule has 1 aliphatic carbocycles. The Bertz CT molecular complexity index is 1670. The molecule has 1 unspecified atom stereocenters. The number of nitrogens with zero attached hydrogens (tertiary/aromatic N) is 3. The van der Waals surface area contributed by atoms with E-state index in [2.05, 4.69) is 20.3 Å². The van der Waals surface area contributed by atoms with Gasteiger partial charge in [0.2, 0.25) is 0 Å². The van der Waals surface area contributed by atoms with E-state index in [1.54, 1.807) is 29.2 Å². The van der Waals surface area contributed by atoms with E-state index in [1.165, 1.54) is 5.56 Å². The Hall–Kier alpha value is -4.50. The number of carbonyl (C=O) groups is 2. The van der Waals surface area contributed by atoms with E-state index in [4.69, 9.17) is 4.74 Å². The number of halogens is 1. The summed E-state index contributed by atoms with van der Waals surface area (Å²) >= 11 is 0. The molecule has 2 aromatic carbocycles. The van der Waals surface area contributed by atoms with Crippen molar-refractivity contribution in [2.24, 2.45) is 0 Å². The minimum atomic E-state index is -0.748. The molecule has 0 bridgehead atoms. The van der Waals surface area contributed by atoms with Crippen LogP contribution in [0.2, 0.25) is 0 Å². The summed E-state index contributed by atoms with van der Waals surface area (Å²) in [6.45, 7) is 5.16. The topological polar surface area (TPSA) is 92.2 Å².